The Balaban J connectivity index is 1.87. The molecule has 0 saturated carbocycles. The van der Waals surface area contributed by atoms with Gasteiger partial charge in [-0.2, -0.15) is 0 Å². The van der Waals surface area contributed by atoms with Crippen LogP contribution in [0.3, 0.4) is 0 Å². The van der Waals surface area contributed by atoms with E-state index in [0.717, 1.165) is 16.7 Å². The first kappa shape index (κ1) is 18.8. The number of hydrogen-bond donors (Lipinski definition) is 2. The van der Waals surface area contributed by atoms with Crippen LogP contribution in [0.25, 0.3) is 0 Å². The van der Waals surface area contributed by atoms with E-state index in [2.05, 4.69) is 36.8 Å². The maximum absolute atomic E-state index is 11.9. The fourth-order valence-electron chi connectivity index (χ4n) is 2.45. The fourth-order valence-corrected chi connectivity index (χ4v) is 2.81. The molecule has 0 spiro atoms. The van der Waals surface area contributed by atoms with Crippen molar-refractivity contribution < 1.29 is 4.84 Å². The standard InChI is InChI=1S/C16H19N7O3S/c1-10(2)4-6-17-12-16(8-26-23-7-5-11(24)20-15(23)25)13(18-9-19-16)22-14(21-12)27-3/h5,7,9H,1,4,6,8H2,2-3H3,(H,20,24,25)(H,17,18,19,21,22). The third-order valence-corrected chi connectivity index (χ3v) is 4.41. The van der Waals surface area contributed by atoms with Gasteiger partial charge in [0.15, 0.2) is 17.6 Å². The van der Waals surface area contributed by atoms with E-state index in [9.17, 15) is 9.59 Å². The van der Waals surface area contributed by atoms with Crippen molar-refractivity contribution in [3.63, 3.8) is 0 Å². The summed E-state index contributed by atoms with van der Waals surface area (Å²) in [5.41, 5.74) is -1.23. The minimum atomic E-state index is -1.08. The Bertz CT molecular complexity index is 988. The van der Waals surface area contributed by atoms with Crippen molar-refractivity contribution in [1.82, 2.24) is 15.0 Å². The molecule has 3 rings (SSSR count). The Morgan fingerprint density at radius 3 is 2.96 bits per heavy atom. The second kappa shape index (κ2) is 7.74. The van der Waals surface area contributed by atoms with Gasteiger partial charge < -0.3 is 10.2 Å². The number of aromatic amines is 1. The second-order valence-corrected chi connectivity index (χ2v) is 6.73. The lowest BCUT2D eigenvalue weighted by molar-refractivity contribution is 0.0882. The summed E-state index contributed by atoms with van der Waals surface area (Å²) in [5, 5.41) is 3.81. The molecule has 0 bridgehead atoms. The van der Waals surface area contributed by atoms with Crippen LogP contribution in [0.5, 0.6) is 0 Å². The molecular weight excluding hydrogens is 370 g/mol. The van der Waals surface area contributed by atoms with Gasteiger partial charge in [-0.05, 0) is 19.6 Å². The lowest BCUT2D eigenvalue weighted by atomic mass is 9.97. The van der Waals surface area contributed by atoms with Gasteiger partial charge in [0.2, 0.25) is 5.54 Å². The van der Waals surface area contributed by atoms with Gasteiger partial charge in [-0.25, -0.2) is 24.8 Å². The number of fused-ring (bicyclic) bond motifs is 1. The molecule has 0 fully saturated rings. The number of nitrogens with zero attached hydrogens (tertiary/aromatic N) is 5. The van der Waals surface area contributed by atoms with Crippen LogP contribution in [0.1, 0.15) is 13.3 Å². The summed E-state index contributed by atoms with van der Waals surface area (Å²) in [6, 6.07) is 1.19. The van der Waals surface area contributed by atoms with Gasteiger partial charge in [0.05, 0.1) is 6.20 Å². The van der Waals surface area contributed by atoms with Gasteiger partial charge in [0, 0.05) is 12.6 Å². The molecule has 0 aromatic carbocycles. The highest BCUT2D eigenvalue weighted by atomic mass is 32.2. The minimum absolute atomic E-state index is 0.0711. The summed E-state index contributed by atoms with van der Waals surface area (Å²) in [6.07, 6.45) is 5.28. The Labute approximate surface area is 158 Å². The van der Waals surface area contributed by atoms with Crippen LogP contribution in [0.4, 0.5) is 0 Å². The highest BCUT2D eigenvalue weighted by Gasteiger charge is 2.47. The van der Waals surface area contributed by atoms with Gasteiger partial charge in [-0.1, -0.05) is 17.3 Å². The summed E-state index contributed by atoms with van der Waals surface area (Å²) in [6.45, 7) is 6.38. The second-order valence-electron chi connectivity index (χ2n) is 5.96. The Morgan fingerprint density at radius 1 is 1.44 bits per heavy atom. The van der Waals surface area contributed by atoms with E-state index < -0.39 is 16.8 Å². The molecule has 0 saturated heterocycles. The third-order valence-electron chi connectivity index (χ3n) is 3.86. The van der Waals surface area contributed by atoms with Gasteiger partial charge >= 0.3 is 5.69 Å². The minimum Gasteiger partial charge on any atom is -0.406 e. The van der Waals surface area contributed by atoms with Crippen LogP contribution in [-0.4, -0.2) is 57.8 Å². The van der Waals surface area contributed by atoms with Crippen molar-refractivity contribution in [2.24, 2.45) is 20.0 Å². The van der Waals surface area contributed by atoms with Crippen LogP contribution in [0, 0.1) is 0 Å². The Morgan fingerprint density at radius 2 is 2.26 bits per heavy atom. The number of aliphatic imine (C=N–C) groups is 4. The van der Waals surface area contributed by atoms with Crippen molar-refractivity contribution in [1.29, 1.82) is 0 Å². The first-order valence-corrected chi connectivity index (χ1v) is 9.34. The van der Waals surface area contributed by atoms with E-state index >= 15 is 0 Å². The van der Waals surface area contributed by atoms with Crippen molar-refractivity contribution in [2.45, 2.75) is 18.9 Å². The van der Waals surface area contributed by atoms with Gasteiger partial charge in [-0.15, -0.1) is 11.3 Å². The molecular formula is C16H19N7O3S. The third kappa shape index (κ3) is 3.92. The van der Waals surface area contributed by atoms with Crippen LogP contribution >= 0.6 is 11.8 Å². The van der Waals surface area contributed by atoms with Crippen LogP contribution in [0.2, 0.25) is 0 Å². The topological polar surface area (TPSA) is 126 Å². The van der Waals surface area contributed by atoms with Crippen molar-refractivity contribution in [3.05, 3.63) is 45.3 Å². The molecule has 1 aromatic heterocycles. The number of hydrogen-bond acceptors (Lipinski definition) is 9. The maximum atomic E-state index is 11.9. The number of nitrogens with one attached hydrogen (secondary N) is 2. The summed E-state index contributed by atoms with van der Waals surface area (Å²) >= 11 is 1.39. The van der Waals surface area contributed by atoms with E-state index in [1.165, 1.54) is 30.4 Å². The van der Waals surface area contributed by atoms with E-state index in [1.807, 2.05) is 13.2 Å². The summed E-state index contributed by atoms with van der Waals surface area (Å²) < 4.78 is 0.931. The monoisotopic (exact) mass is 389 g/mol. The molecule has 1 unspecified atom stereocenters. The first-order valence-electron chi connectivity index (χ1n) is 8.12. The molecule has 1 aromatic rings. The largest absolute Gasteiger partial charge is 0.406 e. The molecule has 0 aliphatic carbocycles. The van der Waals surface area contributed by atoms with E-state index in [0.29, 0.717) is 23.4 Å². The lowest BCUT2D eigenvalue weighted by Gasteiger charge is -2.30. The molecule has 10 nitrogen and oxygen atoms in total. The van der Waals surface area contributed by atoms with E-state index in [4.69, 9.17) is 4.84 Å². The molecule has 0 radical (unpaired) electrons. The van der Waals surface area contributed by atoms with Crippen molar-refractivity contribution >= 4 is 34.9 Å². The predicted molar refractivity (Wildman–Crippen MR) is 107 cm³/mol. The molecule has 27 heavy (non-hydrogen) atoms. The molecule has 0 amide bonds. The zero-order valence-electron chi connectivity index (χ0n) is 14.9. The number of aromatic nitrogens is 2. The summed E-state index contributed by atoms with van der Waals surface area (Å²) in [7, 11) is 0. The number of H-pyrrole nitrogens is 1. The van der Waals surface area contributed by atoms with Crippen LogP contribution in [0.15, 0.2) is 54.0 Å². The van der Waals surface area contributed by atoms with E-state index in [1.54, 1.807) is 0 Å². The van der Waals surface area contributed by atoms with Crippen LogP contribution in [-0.2, 0) is 0 Å². The Hall–Kier alpha value is -2.95. The molecule has 2 aliphatic heterocycles. The number of amidine groups is 3. The maximum Gasteiger partial charge on any atom is 0.361 e. The molecule has 2 aliphatic rings. The van der Waals surface area contributed by atoms with Gasteiger partial charge in [-0.3, -0.25) is 9.78 Å². The summed E-state index contributed by atoms with van der Waals surface area (Å²) in [5.74, 6) is 0.963. The smallest absolute Gasteiger partial charge is 0.361 e. The fraction of sp³-hybridized carbons (Fsp3) is 0.375. The molecule has 11 heteroatoms. The lowest BCUT2D eigenvalue weighted by Crippen LogP contribution is -2.57. The summed E-state index contributed by atoms with van der Waals surface area (Å²) in [4.78, 5) is 48.4. The zero-order valence-corrected chi connectivity index (χ0v) is 15.7. The molecule has 3 heterocycles. The Kier molecular flexibility index (Phi) is 5.40. The van der Waals surface area contributed by atoms with Crippen molar-refractivity contribution in [2.75, 3.05) is 19.4 Å². The first-order chi connectivity index (χ1) is 12.9. The van der Waals surface area contributed by atoms with Crippen molar-refractivity contribution in [3.8, 4) is 0 Å². The zero-order chi connectivity index (χ0) is 19.4. The number of rotatable bonds is 6. The molecule has 2 N–H and O–H groups in total. The normalized spacial score (nSPS) is 20.4. The number of thioether (sulfide) groups is 1. The molecule has 142 valence electrons. The quantitative estimate of drug-likeness (QED) is 0.654. The van der Waals surface area contributed by atoms with E-state index in [-0.39, 0.29) is 6.61 Å². The highest BCUT2D eigenvalue weighted by molar-refractivity contribution is 8.13. The van der Waals surface area contributed by atoms with Gasteiger partial charge in [0.25, 0.3) is 5.56 Å². The highest BCUT2D eigenvalue weighted by Crippen LogP contribution is 2.25. The molecule has 1 atom stereocenters. The SMILES string of the molecule is C=C(C)CCNC1=NC(SC)=NC2=NC=NC21COn1ccc(=O)[nH]c1=O. The average molecular weight is 389 g/mol. The van der Waals surface area contributed by atoms with Crippen LogP contribution < -0.4 is 21.4 Å². The average Bonchev–Trinajstić information content (AvgIpc) is 3.04. The van der Waals surface area contributed by atoms with Gasteiger partial charge in [0.1, 0.15) is 12.2 Å². The predicted octanol–water partition coefficient (Wildman–Crippen LogP) is -0.169.